The third kappa shape index (κ3) is 5.39. The van der Waals surface area contributed by atoms with E-state index in [4.69, 9.17) is 14.6 Å². The van der Waals surface area contributed by atoms with Crippen molar-refractivity contribution in [2.24, 2.45) is 5.10 Å². The first-order valence-corrected chi connectivity index (χ1v) is 9.21. The number of carbonyl (C=O) groups excluding carboxylic acids is 1. The van der Waals surface area contributed by atoms with Crippen molar-refractivity contribution in [3.05, 3.63) is 71.7 Å². The summed E-state index contributed by atoms with van der Waals surface area (Å²) in [5.74, 6) is 0.897. The number of hydrogen-bond donors (Lipinski definition) is 2. The fourth-order valence-electron chi connectivity index (χ4n) is 2.75. The second-order valence-electron chi connectivity index (χ2n) is 6.31. The van der Waals surface area contributed by atoms with Gasteiger partial charge in [0.05, 0.1) is 38.5 Å². The molecule has 0 saturated carbocycles. The van der Waals surface area contributed by atoms with Gasteiger partial charge in [0.15, 0.2) is 0 Å². The Bertz CT molecular complexity index is 1040. The van der Waals surface area contributed by atoms with E-state index in [1.54, 1.807) is 26.5 Å². The Balaban J connectivity index is 1.71. The van der Waals surface area contributed by atoms with Gasteiger partial charge in [-0.2, -0.15) is 5.10 Å². The summed E-state index contributed by atoms with van der Waals surface area (Å²) in [5.41, 5.74) is 5.61. The highest BCUT2D eigenvalue weighted by Crippen LogP contribution is 2.20. The summed E-state index contributed by atoms with van der Waals surface area (Å²) in [6.07, 6.45) is 4.96. The van der Waals surface area contributed by atoms with Gasteiger partial charge < -0.3 is 14.6 Å². The van der Waals surface area contributed by atoms with E-state index in [0.717, 1.165) is 22.4 Å². The van der Waals surface area contributed by atoms with Crippen molar-refractivity contribution in [2.45, 2.75) is 6.42 Å². The summed E-state index contributed by atoms with van der Waals surface area (Å²) in [7, 11) is 3.16. The van der Waals surface area contributed by atoms with Crippen LogP contribution in [0.1, 0.15) is 21.6 Å². The fourth-order valence-corrected chi connectivity index (χ4v) is 2.75. The molecule has 0 saturated heterocycles. The topological polar surface area (TPSA) is 106 Å². The van der Waals surface area contributed by atoms with E-state index >= 15 is 0 Å². The quantitative estimate of drug-likeness (QED) is 0.440. The van der Waals surface area contributed by atoms with Gasteiger partial charge in [0.1, 0.15) is 17.2 Å². The Kier molecular flexibility index (Phi) is 7.07. The third-order valence-electron chi connectivity index (χ3n) is 4.26. The maximum Gasteiger partial charge on any atom is 0.291 e. The van der Waals surface area contributed by atoms with E-state index in [1.165, 1.54) is 12.4 Å². The molecule has 2 N–H and O–H groups in total. The van der Waals surface area contributed by atoms with Gasteiger partial charge >= 0.3 is 0 Å². The number of aliphatic hydroxyl groups is 1. The van der Waals surface area contributed by atoms with Crippen LogP contribution in [0.3, 0.4) is 0 Å². The van der Waals surface area contributed by atoms with E-state index in [2.05, 4.69) is 20.5 Å². The molecule has 8 nitrogen and oxygen atoms in total. The van der Waals surface area contributed by atoms with Gasteiger partial charge in [0.2, 0.25) is 0 Å². The van der Waals surface area contributed by atoms with Gasteiger partial charge in [-0.15, -0.1) is 0 Å². The predicted molar refractivity (Wildman–Crippen MR) is 113 cm³/mol. The van der Waals surface area contributed by atoms with Gasteiger partial charge in [0, 0.05) is 12.2 Å². The molecule has 1 aromatic heterocycles. The summed E-state index contributed by atoms with van der Waals surface area (Å²) in [5, 5.41) is 13.1. The summed E-state index contributed by atoms with van der Waals surface area (Å²) in [6, 6.07) is 12.8. The highest BCUT2D eigenvalue weighted by Gasteiger charge is 2.09. The lowest BCUT2D eigenvalue weighted by Gasteiger charge is -2.06. The second kappa shape index (κ2) is 10.1. The number of hydrogen-bond acceptors (Lipinski definition) is 7. The lowest BCUT2D eigenvalue weighted by atomic mass is 10.1. The van der Waals surface area contributed by atoms with E-state index in [-0.39, 0.29) is 12.3 Å². The molecule has 1 heterocycles. The minimum atomic E-state index is -0.479. The summed E-state index contributed by atoms with van der Waals surface area (Å²) < 4.78 is 10.4. The number of hydrazone groups is 1. The molecule has 0 aliphatic rings. The molecule has 3 aromatic rings. The average molecular weight is 406 g/mol. The molecule has 3 rings (SSSR count). The molecule has 0 bridgehead atoms. The Morgan fingerprint density at radius 2 is 1.87 bits per heavy atom. The van der Waals surface area contributed by atoms with Crippen LogP contribution >= 0.6 is 0 Å². The average Bonchev–Trinajstić information content (AvgIpc) is 2.79. The minimum Gasteiger partial charge on any atom is -0.497 e. The van der Waals surface area contributed by atoms with E-state index in [9.17, 15) is 4.79 Å². The van der Waals surface area contributed by atoms with Crippen LogP contribution in [0.4, 0.5) is 0 Å². The molecular weight excluding hydrogens is 384 g/mol. The van der Waals surface area contributed by atoms with Gasteiger partial charge in [-0.3, -0.25) is 9.78 Å². The Hall–Kier alpha value is -3.78. The molecule has 0 unspecified atom stereocenters. The van der Waals surface area contributed by atoms with Crippen molar-refractivity contribution >= 4 is 12.1 Å². The molecule has 0 aliphatic carbocycles. The zero-order valence-corrected chi connectivity index (χ0v) is 16.7. The van der Waals surface area contributed by atoms with E-state index in [1.807, 2.05) is 36.4 Å². The summed E-state index contributed by atoms with van der Waals surface area (Å²) >= 11 is 0. The van der Waals surface area contributed by atoms with Gasteiger partial charge in [-0.05, 0) is 60.0 Å². The van der Waals surface area contributed by atoms with Crippen LogP contribution in [0.25, 0.3) is 11.3 Å². The zero-order chi connectivity index (χ0) is 21.3. The monoisotopic (exact) mass is 406 g/mol. The SMILES string of the molecule is COc1ccc(-c2cncc(C(=O)NN=Cc3cc(CCO)cc(OC)c3)n2)cc1. The van der Waals surface area contributed by atoms with Crippen molar-refractivity contribution in [3.8, 4) is 22.8 Å². The largest absolute Gasteiger partial charge is 0.497 e. The highest BCUT2D eigenvalue weighted by atomic mass is 16.5. The molecule has 0 aliphatic heterocycles. The Morgan fingerprint density at radius 1 is 1.10 bits per heavy atom. The summed E-state index contributed by atoms with van der Waals surface area (Å²) in [6.45, 7) is 0.0314. The summed E-state index contributed by atoms with van der Waals surface area (Å²) in [4.78, 5) is 20.9. The van der Waals surface area contributed by atoms with Crippen LogP contribution in [0.2, 0.25) is 0 Å². The number of carbonyl (C=O) groups is 1. The Labute approximate surface area is 174 Å². The first kappa shape index (κ1) is 20.9. The van der Waals surface area contributed by atoms with Gasteiger partial charge in [0.25, 0.3) is 5.91 Å². The second-order valence-corrected chi connectivity index (χ2v) is 6.31. The molecule has 30 heavy (non-hydrogen) atoms. The van der Waals surface area contributed by atoms with Crippen LogP contribution in [0, 0.1) is 0 Å². The molecule has 2 aromatic carbocycles. The van der Waals surface area contributed by atoms with Crippen molar-refractivity contribution in [3.63, 3.8) is 0 Å². The number of nitrogens with zero attached hydrogens (tertiary/aromatic N) is 3. The molecular formula is C22H22N4O4. The number of aromatic nitrogens is 2. The number of methoxy groups -OCH3 is 2. The van der Waals surface area contributed by atoms with E-state index in [0.29, 0.717) is 17.9 Å². The minimum absolute atomic E-state index is 0.0314. The maximum absolute atomic E-state index is 12.4. The lowest BCUT2D eigenvalue weighted by molar-refractivity contribution is 0.0950. The predicted octanol–water partition coefficient (Wildman–Crippen LogP) is 2.46. The molecule has 0 spiro atoms. The number of aliphatic hydroxyl groups excluding tert-OH is 1. The van der Waals surface area contributed by atoms with Crippen LogP contribution in [0.15, 0.2) is 60.0 Å². The standard InChI is InChI=1S/C22H22N4O4/c1-29-18-5-3-17(4-6-18)20-13-23-14-21(25-20)22(28)26-24-12-16-9-15(7-8-27)10-19(11-16)30-2/h3-6,9-14,27H,7-8H2,1-2H3,(H,26,28). The number of amides is 1. The normalized spacial score (nSPS) is 10.8. The first-order chi connectivity index (χ1) is 14.6. The zero-order valence-electron chi connectivity index (χ0n) is 16.7. The van der Waals surface area contributed by atoms with Crippen LogP contribution < -0.4 is 14.9 Å². The molecule has 8 heteroatoms. The number of ether oxygens (including phenoxy) is 2. The molecule has 1 amide bonds. The van der Waals surface area contributed by atoms with Gasteiger partial charge in [-0.1, -0.05) is 0 Å². The van der Waals surface area contributed by atoms with Crippen LogP contribution in [-0.4, -0.2) is 48.0 Å². The number of benzene rings is 2. The molecule has 0 fully saturated rings. The molecule has 0 atom stereocenters. The van der Waals surface area contributed by atoms with Crippen molar-refractivity contribution in [2.75, 3.05) is 20.8 Å². The Morgan fingerprint density at radius 3 is 2.57 bits per heavy atom. The van der Waals surface area contributed by atoms with Crippen LogP contribution in [-0.2, 0) is 6.42 Å². The number of rotatable bonds is 8. The number of nitrogens with one attached hydrogen (secondary N) is 1. The van der Waals surface area contributed by atoms with Crippen molar-refractivity contribution in [1.82, 2.24) is 15.4 Å². The van der Waals surface area contributed by atoms with Crippen molar-refractivity contribution < 1.29 is 19.4 Å². The van der Waals surface area contributed by atoms with Crippen molar-refractivity contribution in [1.29, 1.82) is 0 Å². The van der Waals surface area contributed by atoms with E-state index < -0.39 is 5.91 Å². The highest BCUT2D eigenvalue weighted by molar-refractivity contribution is 5.93. The third-order valence-corrected chi connectivity index (χ3v) is 4.26. The van der Waals surface area contributed by atoms with Crippen LogP contribution in [0.5, 0.6) is 11.5 Å². The molecule has 0 radical (unpaired) electrons. The fraction of sp³-hybridized carbons (Fsp3) is 0.182. The van der Waals surface area contributed by atoms with Gasteiger partial charge in [-0.25, -0.2) is 10.4 Å². The molecule has 154 valence electrons. The lowest BCUT2D eigenvalue weighted by Crippen LogP contribution is -2.19. The maximum atomic E-state index is 12.4. The smallest absolute Gasteiger partial charge is 0.291 e. The first-order valence-electron chi connectivity index (χ1n) is 9.21.